The lowest BCUT2D eigenvalue weighted by Gasteiger charge is -2.09. The minimum absolute atomic E-state index is 0.537. The van der Waals surface area contributed by atoms with Crippen LogP contribution in [0.3, 0.4) is 0 Å². The van der Waals surface area contributed by atoms with E-state index in [2.05, 4.69) is 29.2 Å². The molecule has 4 nitrogen and oxygen atoms in total. The molecule has 0 aliphatic heterocycles. The van der Waals surface area contributed by atoms with Gasteiger partial charge in [-0.25, -0.2) is 4.98 Å². The molecular formula is C32H20N2O2. The summed E-state index contributed by atoms with van der Waals surface area (Å²) in [5.74, 6) is 1.22. The second kappa shape index (κ2) is 8.36. The zero-order chi connectivity index (χ0) is 23.9. The first-order chi connectivity index (χ1) is 17.8. The molecule has 0 spiro atoms. The Bertz CT molecular complexity index is 1870. The molecule has 7 rings (SSSR count). The number of furan rings is 1. The van der Waals surface area contributed by atoms with E-state index in [0.717, 1.165) is 55.2 Å². The molecule has 0 bridgehead atoms. The summed E-state index contributed by atoms with van der Waals surface area (Å²) in [7, 11) is 0. The molecule has 0 aliphatic carbocycles. The first kappa shape index (κ1) is 20.4. The van der Waals surface area contributed by atoms with Gasteiger partial charge >= 0.3 is 0 Å². The van der Waals surface area contributed by atoms with E-state index in [1.165, 1.54) is 0 Å². The van der Waals surface area contributed by atoms with Crippen molar-refractivity contribution in [2.75, 3.05) is 0 Å². The van der Waals surface area contributed by atoms with Gasteiger partial charge in [-0.15, -0.1) is 0 Å². The van der Waals surface area contributed by atoms with Crippen molar-refractivity contribution in [1.82, 2.24) is 9.97 Å². The summed E-state index contributed by atoms with van der Waals surface area (Å²) in [5.41, 5.74) is 5.26. The number of nitrogens with zero attached hydrogens (tertiary/aromatic N) is 2. The van der Waals surface area contributed by atoms with Gasteiger partial charge in [-0.05, 0) is 35.7 Å². The highest BCUT2D eigenvalue weighted by molar-refractivity contribution is 6.16. The molecule has 7 aromatic rings. The third-order valence-electron chi connectivity index (χ3n) is 6.40. The summed E-state index contributed by atoms with van der Waals surface area (Å²) in [6, 6.07) is 38.3. The summed E-state index contributed by atoms with van der Waals surface area (Å²) < 4.78 is 12.6. The van der Waals surface area contributed by atoms with Crippen LogP contribution in [-0.2, 0) is 0 Å². The normalized spacial score (nSPS) is 11.3. The third kappa shape index (κ3) is 3.48. The van der Waals surface area contributed by atoms with E-state index < -0.39 is 0 Å². The first-order valence-electron chi connectivity index (χ1n) is 11.8. The van der Waals surface area contributed by atoms with Gasteiger partial charge < -0.3 is 9.15 Å². The average Bonchev–Trinajstić information content (AvgIpc) is 3.33. The Hall–Kier alpha value is -4.96. The van der Waals surface area contributed by atoms with E-state index in [9.17, 15) is 0 Å². The fourth-order valence-electron chi connectivity index (χ4n) is 4.71. The number of aromatic nitrogens is 2. The van der Waals surface area contributed by atoms with Crippen LogP contribution in [0.25, 0.3) is 55.2 Å². The average molecular weight is 465 g/mol. The van der Waals surface area contributed by atoms with Gasteiger partial charge in [0.1, 0.15) is 17.0 Å². The summed E-state index contributed by atoms with van der Waals surface area (Å²) in [6.45, 7) is 0. The minimum Gasteiger partial charge on any atom is -0.453 e. The Labute approximate surface area is 207 Å². The van der Waals surface area contributed by atoms with Crippen LogP contribution in [0.2, 0.25) is 0 Å². The topological polar surface area (TPSA) is 48.2 Å². The van der Waals surface area contributed by atoms with Crippen molar-refractivity contribution in [2.45, 2.75) is 0 Å². The monoisotopic (exact) mass is 464 g/mol. The zero-order valence-corrected chi connectivity index (χ0v) is 19.3. The lowest BCUT2D eigenvalue weighted by Crippen LogP contribution is -1.91. The quantitative estimate of drug-likeness (QED) is 0.261. The molecule has 0 aliphatic rings. The second-order valence-corrected chi connectivity index (χ2v) is 8.66. The molecule has 0 saturated carbocycles. The van der Waals surface area contributed by atoms with Crippen LogP contribution in [0.4, 0.5) is 0 Å². The van der Waals surface area contributed by atoms with E-state index in [1.807, 2.05) is 97.2 Å². The predicted octanol–water partition coefficient (Wildman–Crippen LogP) is 8.66. The highest BCUT2D eigenvalue weighted by Crippen LogP contribution is 2.38. The Morgan fingerprint density at radius 3 is 2.33 bits per heavy atom. The Balaban J connectivity index is 1.29. The van der Waals surface area contributed by atoms with Gasteiger partial charge in [0.25, 0.3) is 0 Å². The first-order valence-corrected chi connectivity index (χ1v) is 11.8. The van der Waals surface area contributed by atoms with Crippen LogP contribution in [0.5, 0.6) is 11.6 Å². The number of hydrogen-bond donors (Lipinski definition) is 0. The van der Waals surface area contributed by atoms with Gasteiger partial charge in [-0.3, -0.25) is 4.98 Å². The van der Waals surface area contributed by atoms with Gasteiger partial charge in [0, 0.05) is 39.5 Å². The van der Waals surface area contributed by atoms with Crippen LogP contribution >= 0.6 is 0 Å². The molecule has 4 aromatic carbocycles. The van der Waals surface area contributed by atoms with E-state index in [4.69, 9.17) is 14.1 Å². The van der Waals surface area contributed by atoms with E-state index in [-0.39, 0.29) is 0 Å². The highest BCUT2D eigenvalue weighted by Gasteiger charge is 2.16. The summed E-state index contributed by atoms with van der Waals surface area (Å²) in [6.07, 6.45) is 1.83. The Morgan fingerprint density at radius 1 is 0.583 bits per heavy atom. The number of hydrogen-bond acceptors (Lipinski definition) is 4. The van der Waals surface area contributed by atoms with E-state index >= 15 is 0 Å². The minimum atomic E-state index is 0.537. The van der Waals surface area contributed by atoms with Gasteiger partial charge in [-0.2, -0.15) is 0 Å². The van der Waals surface area contributed by atoms with Crippen molar-refractivity contribution in [2.24, 2.45) is 0 Å². The van der Waals surface area contributed by atoms with Gasteiger partial charge in [0.15, 0.2) is 5.58 Å². The number of benzene rings is 4. The van der Waals surface area contributed by atoms with Gasteiger partial charge in [-0.1, -0.05) is 78.9 Å². The van der Waals surface area contributed by atoms with Crippen LogP contribution in [0, 0.1) is 0 Å². The molecule has 0 fully saturated rings. The maximum Gasteiger partial charge on any atom is 0.219 e. The predicted molar refractivity (Wildman–Crippen MR) is 144 cm³/mol. The van der Waals surface area contributed by atoms with Crippen molar-refractivity contribution in [3.05, 3.63) is 121 Å². The molecule has 0 radical (unpaired) electrons. The van der Waals surface area contributed by atoms with Crippen LogP contribution in [0.15, 0.2) is 126 Å². The fourth-order valence-corrected chi connectivity index (χ4v) is 4.71. The molecule has 0 amide bonds. The third-order valence-corrected chi connectivity index (χ3v) is 6.40. The van der Waals surface area contributed by atoms with E-state index in [0.29, 0.717) is 11.6 Å². The lowest BCUT2D eigenvalue weighted by atomic mass is 10.0. The summed E-state index contributed by atoms with van der Waals surface area (Å²) >= 11 is 0. The zero-order valence-electron chi connectivity index (χ0n) is 19.3. The SMILES string of the molecule is c1ccc(-c2cccc(Oc3cccc(-c4nccc5c4oc4c6ccccc6ccc54)c3)n2)cc1. The molecule has 0 N–H and O–H groups in total. The number of rotatable bonds is 4. The number of pyridine rings is 2. The largest absolute Gasteiger partial charge is 0.453 e. The van der Waals surface area contributed by atoms with Crippen molar-refractivity contribution in [3.8, 4) is 34.1 Å². The molecule has 3 heterocycles. The standard InChI is InChI=1S/C32H20N2O2/c1-2-9-22(10-3-1)28-14-7-15-29(34-28)35-24-12-6-11-23(20-24)30-32-27(18-19-33-30)26-17-16-21-8-4-5-13-25(21)31(26)36-32/h1-20H. The van der Waals surface area contributed by atoms with E-state index in [1.54, 1.807) is 0 Å². The fraction of sp³-hybridized carbons (Fsp3) is 0. The Morgan fingerprint density at radius 2 is 1.39 bits per heavy atom. The maximum atomic E-state index is 6.46. The van der Waals surface area contributed by atoms with Crippen molar-refractivity contribution in [1.29, 1.82) is 0 Å². The highest BCUT2D eigenvalue weighted by atomic mass is 16.5. The van der Waals surface area contributed by atoms with Crippen molar-refractivity contribution >= 4 is 32.7 Å². The molecule has 36 heavy (non-hydrogen) atoms. The molecular weight excluding hydrogens is 444 g/mol. The molecule has 0 atom stereocenters. The molecule has 0 unspecified atom stereocenters. The molecule has 4 heteroatoms. The van der Waals surface area contributed by atoms with Crippen molar-refractivity contribution in [3.63, 3.8) is 0 Å². The Kier molecular flexibility index (Phi) is 4.74. The van der Waals surface area contributed by atoms with Gasteiger partial charge in [0.05, 0.1) is 5.69 Å². The smallest absolute Gasteiger partial charge is 0.219 e. The second-order valence-electron chi connectivity index (χ2n) is 8.66. The van der Waals surface area contributed by atoms with Gasteiger partial charge in [0.2, 0.25) is 5.88 Å². The summed E-state index contributed by atoms with van der Waals surface area (Å²) in [5, 5.41) is 4.38. The number of ether oxygens (including phenoxy) is 1. The van der Waals surface area contributed by atoms with Crippen LogP contribution in [-0.4, -0.2) is 9.97 Å². The van der Waals surface area contributed by atoms with Crippen LogP contribution in [0.1, 0.15) is 0 Å². The molecule has 170 valence electrons. The maximum absolute atomic E-state index is 6.46. The number of fused-ring (bicyclic) bond motifs is 5. The summed E-state index contributed by atoms with van der Waals surface area (Å²) in [4.78, 5) is 9.38. The lowest BCUT2D eigenvalue weighted by molar-refractivity contribution is 0.464. The molecule has 0 saturated heterocycles. The van der Waals surface area contributed by atoms with Crippen molar-refractivity contribution < 1.29 is 9.15 Å². The van der Waals surface area contributed by atoms with Crippen LogP contribution < -0.4 is 4.74 Å². The molecule has 3 aromatic heterocycles.